The highest BCUT2D eigenvalue weighted by Gasteiger charge is 1.88. The number of nitrogens with zero attached hydrogens (tertiary/aromatic N) is 1. The van der Waals surface area contributed by atoms with Gasteiger partial charge in [0.25, 0.3) is 0 Å². The fourth-order valence-electron chi connectivity index (χ4n) is 0.324. The summed E-state index contributed by atoms with van der Waals surface area (Å²) in [7, 11) is 0. The van der Waals surface area contributed by atoms with Gasteiger partial charge >= 0.3 is 0 Å². The highest BCUT2D eigenvalue weighted by atomic mass is 16.4. The van der Waals surface area contributed by atoms with Gasteiger partial charge in [0.2, 0.25) is 5.88 Å². The van der Waals surface area contributed by atoms with Gasteiger partial charge in [-0.1, -0.05) is 0 Å². The first-order valence-electron chi connectivity index (χ1n) is 1.82. The summed E-state index contributed by atoms with van der Waals surface area (Å²) in [4.78, 5) is 3.61. The maximum Gasteiger partial charge on any atom is 0.211 e. The highest BCUT2D eigenvalue weighted by molar-refractivity contribution is 5.18. The summed E-state index contributed by atoms with van der Waals surface area (Å²) in [5.41, 5.74) is 5.11. The van der Waals surface area contributed by atoms with E-state index in [1.54, 1.807) is 0 Å². The Balaban J connectivity index is 3.04. The van der Waals surface area contributed by atoms with Crippen LogP contribution in [0.15, 0.2) is 10.6 Å². The van der Waals surface area contributed by atoms with Crippen molar-refractivity contribution in [3.8, 4) is 0 Å². The van der Waals surface area contributed by atoms with Gasteiger partial charge in [-0.05, 0) is 0 Å². The van der Waals surface area contributed by atoms with Crippen molar-refractivity contribution >= 4 is 5.88 Å². The molecule has 0 aliphatic heterocycles. The molecule has 0 bridgehead atoms. The number of hydrogen-bond donors (Lipinski definition) is 1. The molecule has 0 saturated carbocycles. The molecule has 0 aliphatic carbocycles. The van der Waals surface area contributed by atoms with Crippen LogP contribution in [0.25, 0.3) is 0 Å². The molecule has 2 N–H and O–H groups in total. The number of oxazole rings is 1. The van der Waals surface area contributed by atoms with E-state index in [-0.39, 0.29) is 0 Å². The minimum Gasteiger partial charge on any atom is -0.426 e. The van der Waals surface area contributed by atoms with Crippen LogP contribution in [0.4, 0.5) is 5.88 Å². The lowest BCUT2D eigenvalue weighted by molar-refractivity contribution is 0.556. The summed E-state index contributed by atoms with van der Waals surface area (Å²) in [5, 5.41) is 0. The molecule has 0 spiro atoms. The summed E-state index contributed by atoms with van der Waals surface area (Å²) < 4.78 is 4.64. The summed E-state index contributed by atoms with van der Waals surface area (Å²) >= 11 is 0. The summed E-state index contributed by atoms with van der Waals surface area (Å²) in [6.45, 7) is 3.38. The molecule has 3 nitrogen and oxygen atoms in total. The second-order valence-electron chi connectivity index (χ2n) is 1.16. The van der Waals surface area contributed by atoms with E-state index >= 15 is 0 Å². The van der Waals surface area contributed by atoms with Gasteiger partial charge in [-0.25, -0.2) is 4.98 Å². The number of nitrogens with two attached hydrogens (primary N) is 1. The van der Waals surface area contributed by atoms with Gasteiger partial charge in [-0.3, -0.25) is 0 Å². The quantitative estimate of drug-likeness (QED) is 0.511. The topological polar surface area (TPSA) is 52.0 Å². The van der Waals surface area contributed by atoms with E-state index in [0.717, 1.165) is 0 Å². The third-order valence-electron chi connectivity index (χ3n) is 0.571. The summed E-state index contributed by atoms with van der Waals surface area (Å²) in [5.74, 6) is 0.669. The third-order valence-corrected chi connectivity index (χ3v) is 0.571. The molecule has 37 valence electrons. The van der Waals surface area contributed by atoms with E-state index in [4.69, 9.17) is 5.73 Å². The zero-order chi connectivity index (χ0) is 5.28. The first kappa shape index (κ1) is 4.18. The molecule has 1 aromatic rings. The second kappa shape index (κ2) is 1.26. The molecule has 1 aromatic heterocycles. The van der Waals surface area contributed by atoms with E-state index in [1.807, 2.05) is 0 Å². The van der Waals surface area contributed by atoms with Crippen molar-refractivity contribution in [1.82, 2.24) is 4.98 Å². The molecular weight excluding hydrogens is 92.1 g/mol. The van der Waals surface area contributed by atoms with E-state index in [0.29, 0.717) is 11.8 Å². The lowest BCUT2D eigenvalue weighted by Crippen LogP contribution is -1.75. The van der Waals surface area contributed by atoms with Crippen LogP contribution in [0.5, 0.6) is 0 Å². The van der Waals surface area contributed by atoms with Crippen molar-refractivity contribution in [3.05, 3.63) is 19.0 Å². The fourth-order valence-corrected chi connectivity index (χ4v) is 0.324. The Morgan fingerprint density at radius 3 is 2.71 bits per heavy atom. The molecule has 3 heteroatoms. The molecule has 0 saturated heterocycles. The van der Waals surface area contributed by atoms with Crippen molar-refractivity contribution in [2.24, 2.45) is 0 Å². The Kier molecular flexibility index (Phi) is 0.749. The molecule has 0 aromatic carbocycles. The number of nitrogen functional groups attached to an aromatic ring is 1. The van der Waals surface area contributed by atoms with Crippen LogP contribution in [0.1, 0.15) is 5.89 Å². The summed E-state index contributed by atoms with van der Waals surface area (Å²) in [6.07, 6.45) is 1.42. The normalized spacial score (nSPS) is 9.29. The first-order chi connectivity index (χ1) is 3.29. The molecule has 0 unspecified atom stereocenters. The van der Waals surface area contributed by atoms with E-state index < -0.39 is 0 Å². The van der Waals surface area contributed by atoms with Gasteiger partial charge in [0, 0.05) is 6.92 Å². The van der Waals surface area contributed by atoms with Gasteiger partial charge < -0.3 is 10.2 Å². The monoisotopic (exact) mass is 97.0 g/mol. The lowest BCUT2D eigenvalue weighted by Gasteiger charge is -1.73. The molecular formula is C4H5N2O. The first-order valence-corrected chi connectivity index (χ1v) is 1.82. The Morgan fingerprint density at radius 1 is 1.86 bits per heavy atom. The second-order valence-corrected chi connectivity index (χ2v) is 1.16. The molecule has 1 heterocycles. The summed E-state index contributed by atoms with van der Waals surface area (Å²) in [6, 6.07) is 0. The largest absolute Gasteiger partial charge is 0.426 e. The van der Waals surface area contributed by atoms with Crippen molar-refractivity contribution in [2.75, 3.05) is 5.73 Å². The average molecular weight is 97.1 g/mol. The molecule has 0 amide bonds. The van der Waals surface area contributed by atoms with Gasteiger partial charge in [-0.2, -0.15) is 0 Å². The molecule has 0 fully saturated rings. The zero-order valence-electron chi connectivity index (χ0n) is 3.72. The Hall–Kier alpha value is -0.990. The number of hydrogen-bond acceptors (Lipinski definition) is 3. The lowest BCUT2D eigenvalue weighted by atomic mass is 10.8. The third kappa shape index (κ3) is 0.707. The Morgan fingerprint density at radius 2 is 2.57 bits per heavy atom. The predicted molar refractivity (Wildman–Crippen MR) is 25.4 cm³/mol. The van der Waals surface area contributed by atoms with Crippen molar-refractivity contribution in [3.63, 3.8) is 0 Å². The maximum absolute atomic E-state index is 5.11. The SMILES string of the molecule is [CH2]c1ncc(N)o1. The maximum atomic E-state index is 5.11. The fraction of sp³-hybridized carbons (Fsp3) is 0. The number of anilines is 1. The minimum absolute atomic E-state index is 0.310. The van der Waals surface area contributed by atoms with Crippen LogP contribution in [-0.2, 0) is 0 Å². The van der Waals surface area contributed by atoms with Crippen LogP contribution in [0.2, 0.25) is 0 Å². The van der Waals surface area contributed by atoms with Crippen LogP contribution >= 0.6 is 0 Å². The van der Waals surface area contributed by atoms with Crippen LogP contribution in [0, 0.1) is 6.92 Å². The van der Waals surface area contributed by atoms with Gasteiger partial charge in [0.05, 0.1) is 6.20 Å². The van der Waals surface area contributed by atoms with Crippen molar-refractivity contribution in [2.45, 2.75) is 0 Å². The molecule has 7 heavy (non-hydrogen) atoms. The van der Waals surface area contributed by atoms with Crippen molar-refractivity contribution in [1.29, 1.82) is 0 Å². The van der Waals surface area contributed by atoms with Crippen LogP contribution in [-0.4, -0.2) is 4.98 Å². The molecule has 0 atom stereocenters. The van der Waals surface area contributed by atoms with Crippen molar-refractivity contribution < 1.29 is 4.42 Å². The average Bonchev–Trinajstić information content (AvgIpc) is 1.87. The standard InChI is InChI=1S/C4H5N2O/c1-3-6-2-4(5)7-3/h2H,1,5H2. The smallest absolute Gasteiger partial charge is 0.211 e. The Bertz CT molecular complexity index is 142. The van der Waals surface area contributed by atoms with Crippen LogP contribution < -0.4 is 5.73 Å². The van der Waals surface area contributed by atoms with Gasteiger partial charge in [0.1, 0.15) is 0 Å². The van der Waals surface area contributed by atoms with Crippen LogP contribution in [0.3, 0.4) is 0 Å². The molecule has 1 radical (unpaired) electrons. The highest BCUT2D eigenvalue weighted by Crippen LogP contribution is 2.00. The van der Waals surface area contributed by atoms with E-state index in [1.165, 1.54) is 6.20 Å². The van der Waals surface area contributed by atoms with Gasteiger partial charge in [-0.15, -0.1) is 0 Å². The molecule has 0 aliphatic rings. The number of rotatable bonds is 0. The Labute approximate surface area is 41.2 Å². The zero-order valence-corrected chi connectivity index (χ0v) is 3.72. The van der Waals surface area contributed by atoms with E-state index in [2.05, 4.69) is 16.3 Å². The molecule has 1 rings (SSSR count). The predicted octanol–water partition coefficient (Wildman–Crippen LogP) is 0.439. The number of aromatic nitrogens is 1. The van der Waals surface area contributed by atoms with Gasteiger partial charge in [0.15, 0.2) is 5.89 Å². The van der Waals surface area contributed by atoms with E-state index in [9.17, 15) is 0 Å². The minimum atomic E-state index is 0.310.